The van der Waals surface area contributed by atoms with Gasteiger partial charge in [0, 0.05) is 7.05 Å². The van der Waals surface area contributed by atoms with E-state index in [1.54, 1.807) is 7.05 Å². The summed E-state index contributed by atoms with van der Waals surface area (Å²) in [6, 6.07) is 0. The quantitative estimate of drug-likeness (QED) is 0.841. The van der Waals surface area contributed by atoms with Crippen molar-refractivity contribution in [2.24, 2.45) is 7.05 Å². The van der Waals surface area contributed by atoms with Crippen molar-refractivity contribution in [2.45, 2.75) is 32.4 Å². The normalized spacial score (nSPS) is 11.9. The minimum absolute atomic E-state index is 0.283. The summed E-state index contributed by atoms with van der Waals surface area (Å²) in [5.41, 5.74) is 0.918. The minimum Gasteiger partial charge on any atom is -0.299 e. The van der Waals surface area contributed by atoms with Gasteiger partial charge in [0.05, 0.1) is 22.8 Å². The van der Waals surface area contributed by atoms with Crippen molar-refractivity contribution in [3.05, 3.63) is 16.4 Å². The number of hydrogen-bond acceptors (Lipinski definition) is 2. The number of halogens is 4. The Morgan fingerprint density at radius 2 is 2.06 bits per heavy atom. The molecule has 0 bridgehead atoms. The van der Waals surface area contributed by atoms with Crippen LogP contribution in [0.2, 0.25) is 5.02 Å². The standard InChI is InChI=1S/C10H12ClF3N2O/c1-3-7-9(11)8(16(2)15-7)4-6(17)5-10(12,13)14/h3-5H2,1-2H3. The van der Waals surface area contributed by atoms with Crippen molar-refractivity contribution in [1.29, 1.82) is 0 Å². The maximum atomic E-state index is 12.0. The summed E-state index contributed by atoms with van der Waals surface area (Å²) in [6.07, 6.45) is -5.69. The molecule has 3 nitrogen and oxygen atoms in total. The fraction of sp³-hybridized carbons (Fsp3) is 0.600. The van der Waals surface area contributed by atoms with Gasteiger partial charge in [0.2, 0.25) is 0 Å². The Labute approximate surface area is 102 Å². The molecule has 17 heavy (non-hydrogen) atoms. The van der Waals surface area contributed by atoms with Crippen LogP contribution in [0.1, 0.15) is 24.7 Å². The summed E-state index contributed by atoms with van der Waals surface area (Å²) in [5, 5.41) is 4.31. The van der Waals surface area contributed by atoms with Crippen LogP contribution in [0.3, 0.4) is 0 Å². The van der Waals surface area contributed by atoms with Crippen molar-refractivity contribution in [2.75, 3.05) is 0 Å². The fourth-order valence-electron chi connectivity index (χ4n) is 1.48. The molecule has 0 saturated heterocycles. The molecular weight excluding hydrogens is 257 g/mol. The lowest BCUT2D eigenvalue weighted by atomic mass is 10.1. The molecule has 0 N–H and O–H groups in total. The fourth-order valence-corrected chi connectivity index (χ4v) is 1.85. The highest BCUT2D eigenvalue weighted by Crippen LogP contribution is 2.24. The first kappa shape index (κ1) is 14.0. The molecule has 0 aliphatic rings. The largest absolute Gasteiger partial charge is 0.395 e. The van der Waals surface area contributed by atoms with Gasteiger partial charge in [-0.2, -0.15) is 18.3 Å². The van der Waals surface area contributed by atoms with Crippen molar-refractivity contribution in [1.82, 2.24) is 9.78 Å². The maximum Gasteiger partial charge on any atom is 0.395 e. The average molecular weight is 269 g/mol. The Balaban J connectivity index is 2.82. The maximum absolute atomic E-state index is 12.0. The first-order chi connectivity index (χ1) is 7.74. The van der Waals surface area contributed by atoms with Crippen LogP contribution >= 0.6 is 11.6 Å². The second kappa shape index (κ2) is 5.08. The first-order valence-corrected chi connectivity index (χ1v) is 5.41. The number of carbonyl (C=O) groups excluding carboxylic acids is 1. The Morgan fingerprint density at radius 1 is 1.47 bits per heavy atom. The lowest BCUT2D eigenvalue weighted by Crippen LogP contribution is -2.17. The molecule has 0 spiro atoms. The van der Waals surface area contributed by atoms with Gasteiger partial charge < -0.3 is 0 Å². The van der Waals surface area contributed by atoms with Gasteiger partial charge in [0.25, 0.3) is 0 Å². The molecule has 0 aromatic carbocycles. The summed E-state index contributed by atoms with van der Waals surface area (Å²) in [7, 11) is 1.56. The minimum atomic E-state index is -4.48. The number of aryl methyl sites for hydroxylation is 2. The Bertz CT molecular complexity index is 426. The Hall–Kier alpha value is -1.04. The van der Waals surface area contributed by atoms with Crippen LogP contribution in [0.4, 0.5) is 13.2 Å². The zero-order chi connectivity index (χ0) is 13.2. The zero-order valence-corrected chi connectivity index (χ0v) is 10.2. The molecule has 0 radical (unpaired) electrons. The van der Waals surface area contributed by atoms with Gasteiger partial charge in [0.15, 0.2) is 0 Å². The van der Waals surface area contributed by atoms with Crippen molar-refractivity contribution < 1.29 is 18.0 Å². The van der Waals surface area contributed by atoms with E-state index in [0.29, 0.717) is 17.8 Å². The second-order valence-electron chi connectivity index (χ2n) is 3.69. The number of Topliss-reactive ketones (excluding diaryl/α,β-unsaturated/α-hetero) is 1. The van der Waals surface area contributed by atoms with E-state index in [1.807, 2.05) is 6.92 Å². The summed E-state index contributed by atoms with van der Waals surface area (Å²) < 4.78 is 37.4. The van der Waals surface area contributed by atoms with Gasteiger partial charge in [-0.25, -0.2) is 0 Å². The average Bonchev–Trinajstić information content (AvgIpc) is 2.42. The van der Waals surface area contributed by atoms with E-state index in [-0.39, 0.29) is 11.4 Å². The van der Waals surface area contributed by atoms with Gasteiger partial charge in [-0.15, -0.1) is 0 Å². The number of alkyl halides is 3. The predicted octanol–water partition coefficient (Wildman–Crippen LogP) is 2.70. The molecule has 7 heteroatoms. The van der Waals surface area contributed by atoms with Crippen molar-refractivity contribution >= 4 is 17.4 Å². The first-order valence-electron chi connectivity index (χ1n) is 5.03. The third-order valence-electron chi connectivity index (χ3n) is 2.27. The van der Waals surface area contributed by atoms with E-state index in [0.717, 1.165) is 0 Å². The third kappa shape index (κ3) is 3.73. The molecule has 1 aromatic heterocycles. The van der Waals surface area contributed by atoms with E-state index >= 15 is 0 Å². The van der Waals surface area contributed by atoms with Gasteiger partial charge in [0.1, 0.15) is 12.2 Å². The predicted molar refractivity (Wildman–Crippen MR) is 57.0 cm³/mol. The SMILES string of the molecule is CCc1nn(C)c(CC(=O)CC(F)(F)F)c1Cl. The Morgan fingerprint density at radius 3 is 2.47 bits per heavy atom. The highest BCUT2D eigenvalue weighted by atomic mass is 35.5. The number of aromatic nitrogens is 2. The van der Waals surface area contributed by atoms with Gasteiger partial charge in [-0.3, -0.25) is 9.48 Å². The molecule has 0 fully saturated rings. The van der Waals surface area contributed by atoms with E-state index in [2.05, 4.69) is 5.10 Å². The van der Waals surface area contributed by atoms with E-state index in [9.17, 15) is 18.0 Å². The number of ketones is 1. The lowest BCUT2D eigenvalue weighted by molar-refractivity contribution is -0.151. The van der Waals surface area contributed by atoms with Gasteiger partial charge >= 0.3 is 6.18 Å². The highest BCUT2D eigenvalue weighted by molar-refractivity contribution is 6.32. The number of nitrogens with zero attached hydrogens (tertiary/aromatic N) is 2. The molecule has 0 amide bonds. The molecule has 1 heterocycles. The Kier molecular flexibility index (Phi) is 4.19. The van der Waals surface area contributed by atoms with Crippen molar-refractivity contribution in [3.8, 4) is 0 Å². The molecule has 0 aliphatic carbocycles. The monoisotopic (exact) mass is 268 g/mol. The smallest absolute Gasteiger partial charge is 0.299 e. The van der Waals surface area contributed by atoms with Crippen LogP contribution in [-0.2, 0) is 24.7 Å². The zero-order valence-electron chi connectivity index (χ0n) is 9.44. The molecule has 96 valence electrons. The molecule has 0 saturated carbocycles. The second-order valence-corrected chi connectivity index (χ2v) is 4.07. The highest BCUT2D eigenvalue weighted by Gasteiger charge is 2.31. The van der Waals surface area contributed by atoms with Gasteiger partial charge in [-0.05, 0) is 6.42 Å². The van der Waals surface area contributed by atoms with Crippen LogP contribution in [0, 0.1) is 0 Å². The van der Waals surface area contributed by atoms with E-state index < -0.39 is 18.4 Å². The number of hydrogen-bond donors (Lipinski definition) is 0. The lowest BCUT2D eigenvalue weighted by Gasteiger charge is -2.05. The number of carbonyl (C=O) groups is 1. The van der Waals surface area contributed by atoms with Crippen LogP contribution in [0.15, 0.2) is 0 Å². The van der Waals surface area contributed by atoms with Crippen LogP contribution in [0.25, 0.3) is 0 Å². The third-order valence-corrected chi connectivity index (χ3v) is 2.70. The molecule has 0 aliphatic heterocycles. The number of rotatable bonds is 4. The molecule has 1 aromatic rings. The topological polar surface area (TPSA) is 34.9 Å². The summed E-state index contributed by atoms with van der Waals surface area (Å²) >= 11 is 5.93. The molecule has 1 rings (SSSR count). The summed E-state index contributed by atoms with van der Waals surface area (Å²) in [4.78, 5) is 11.2. The molecule has 0 unspecified atom stereocenters. The van der Waals surface area contributed by atoms with Crippen LogP contribution in [-0.4, -0.2) is 21.7 Å². The van der Waals surface area contributed by atoms with Crippen molar-refractivity contribution in [3.63, 3.8) is 0 Å². The van der Waals surface area contributed by atoms with E-state index in [4.69, 9.17) is 11.6 Å². The van der Waals surface area contributed by atoms with Crippen LogP contribution in [0.5, 0.6) is 0 Å². The summed E-state index contributed by atoms with van der Waals surface area (Å²) in [5.74, 6) is -0.912. The van der Waals surface area contributed by atoms with Crippen LogP contribution < -0.4 is 0 Å². The van der Waals surface area contributed by atoms with E-state index in [1.165, 1.54) is 4.68 Å². The summed E-state index contributed by atoms with van der Waals surface area (Å²) in [6.45, 7) is 1.83. The molecular formula is C10H12ClF3N2O. The van der Waals surface area contributed by atoms with Gasteiger partial charge in [-0.1, -0.05) is 18.5 Å². The molecule has 0 atom stereocenters.